The van der Waals surface area contributed by atoms with Crippen LogP contribution in [0.4, 0.5) is 0 Å². The molecule has 2 aromatic rings. The largest absolute Gasteiger partial charge is 0.322 e. The maximum atomic E-state index is 12.9. The molecule has 1 aromatic heterocycles. The zero-order valence-corrected chi connectivity index (χ0v) is 15.6. The molecule has 1 saturated carbocycles. The number of rotatable bonds is 4. The second-order valence-corrected chi connectivity index (χ2v) is 7.74. The van der Waals surface area contributed by atoms with Crippen molar-refractivity contribution in [2.75, 3.05) is 0 Å². The lowest BCUT2D eigenvalue weighted by molar-refractivity contribution is -0.136. The first-order valence-corrected chi connectivity index (χ1v) is 9.76. The molecule has 1 N–H and O–H groups in total. The number of piperidine rings is 1. The summed E-state index contributed by atoms with van der Waals surface area (Å²) in [6, 6.07) is 4.60. The fourth-order valence-electron chi connectivity index (χ4n) is 4.16. The van der Waals surface area contributed by atoms with Crippen molar-refractivity contribution in [3.63, 3.8) is 0 Å². The number of nitrogens with one attached hydrogen (secondary N) is 1. The Morgan fingerprint density at radius 3 is 2.69 bits per heavy atom. The highest BCUT2D eigenvalue weighted by Crippen LogP contribution is 2.32. The van der Waals surface area contributed by atoms with E-state index in [0.717, 1.165) is 24.8 Å². The van der Waals surface area contributed by atoms with Crippen LogP contribution in [-0.4, -0.2) is 49.4 Å². The molecule has 1 aromatic carbocycles. The molecule has 1 saturated heterocycles. The second kappa shape index (κ2) is 6.61. The van der Waals surface area contributed by atoms with Gasteiger partial charge in [0.2, 0.25) is 11.8 Å². The topological polar surface area (TPSA) is 114 Å². The molecule has 9 nitrogen and oxygen atoms in total. The predicted octanol–water partition coefficient (Wildman–Crippen LogP) is 1.01. The zero-order chi connectivity index (χ0) is 20.1. The van der Waals surface area contributed by atoms with Gasteiger partial charge in [0.1, 0.15) is 11.7 Å². The van der Waals surface area contributed by atoms with Crippen LogP contribution in [0.1, 0.15) is 58.5 Å². The molecule has 1 aliphatic carbocycles. The number of amides is 3. The van der Waals surface area contributed by atoms with Crippen molar-refractivity contribution in [2.24, 2.45) is 5.92 Å². The predicted molar refractivity (Wildman–Crippen MR) is 99.1 cm³/mol. The van der Waals surface area contributed by atoms with E-state index < -0.39 is 11.9 Å². The Kier molecular flexibility index (Phi) is 4.04. The van der Waals surface area contributed by atoms with Crippen LogP contribution in [0.5, 0.6) is 0 Å². The lowest BCUT2D eigenvalue weighted by Gasteiger charge is -2.29. The van der Waals surface area contributed by atoms with E-state index in [1.807, 2.05) is 6.07 Å². The molecular weight excluding hydrogens is 374 g/mol. The summed E-state index contributed by atoms with van der Waals surface area (Å²) in [6.07, 6.45) is 4.97. The molecule has 2 aliphatic heterocycles. The van der Waals surface area contributed by atoms with Crippen molar-refractivity contribution in [1.82, 2.24) is 25.2 Å². The number of hydrogen-bond acceptors (Lipinski definition) is 6. The quantitative estimate of drug-likeness (QED) is 0.613. The second-order valence-electron chi connectivity index (χ2n) is 7.74. The number of benzene rings is 1. The molecule has 3 aliphatic rings. The summed E-state index contributed by atoms with van der Waals surface area (Å²) in [7, 11) is 0. The molecule has 0 radical (unpaired) electrons. The van der Waals surface area contributed by atoms with Crippen molar-refractivity contribution >= 4 is 23.5 Å². The van der Waals surface area contributed by atoms with E-state index in [1.165, 1.54) is 9.58 Å². The fourth-order valence-corrected chi connectivity index (χ4v) is 4.16. The third-order valence-corrected chi connectivity index (χ3v) is 6.03. The molecule has 1 atom stereocenters. The minimum Gasteiger partial charge on any atom is -0.322 e. The van der Waals surface area contributed by atoms with Crippen molar-refractivity contribution in [3.8, 4) is 5.69 Å². The monoisotopic (exact) mass is 393 g/mol. The molecule has 148 valence electrons. The summed E-state index contributed by atoms with van der Waals surface area (Å²) < 4.78 is 1.52. The highest BCUT2D eigenvalue weighted by Gasteiger charge is 2.40. The summed E-state index contributed by atoms with van der Waals surface area (Å²) in [5.74, 6) is -0.967. The van der Waals surface area contributed by atoms with Gasteiger partial charge in [-0.3, -0.25) is 24.5 Å². The maximum Gasteiger partial charge on any atom is 0.255 e. The highest BCUT2D eigenvalue weighted by atomic mass is 16.2. The van der Waals surface area contributed by atoms with Gasteiger partial charge in [0.25, 0.3) is 5.91 Å². The Morgan fingerprint density at radius 2 is 1.97 bits per heavy atom. The Hall–Kier alpha value is -3.36. The molecule has 9 heteroatoms. The van der Waals surface area contributed by atoms with Crippen molar-refractivity contribution in [1.29, 1.82) is 0 Å². The number of nitrogens with zero attached hydrogens (tertiary/aromatic N) is 4. The van der Waals surface area contributed by atoms with Crippen LogP contribution in [0.2, 0.25) is 0 Å². The summed E-state index contributed by atoms with van der Waals surface area (Å²) in [5, 5.41) is 10.4. The number of ketones is 1. The normalized spacial score (nSPS) is 21.7. The van der Waals surface area contributed by atoms with Gasteiger partial charge in [-0.05, 0) is 31.4 Å². The first kappa shape index (κ1) is 17.7. The van der Waals surface area contributed by atoms with Crippen LogP contribution in [-0.2, 0) is 16.1 Å². The molecule has 0 spiro atoms. The minimum atomic E-state index is -0.674. The summed E-state index contributed by atoms with van der Waals surface area (Å²) in [5.41, 5.74) is 2.22. The zero-order valence-electron chi connectivity index (χ0n) is 15.6. The van der Waals surface area contributed by atoms with Gasteiger partial charge >= 0.3 is 0 Å². The van der Waals surface area contributed by atoms with Gasteiger partial charge in [0.15, 0.2) is 5.78 Å². The molecule has 3 heterocycles. The molecule has 5 rings (SSSR count). The molecule has 3 amide bonds. The van der Waals surface area contributed by atoms with Gasteiger partial charge in [0.05, 0.1) is 11.9 Å². The molecule has 29 heavy (non-hydrogen) atoms. The van der Waals surface area contributed by atoms with Gasteiger partial charge in [0, 0.05) is 30.0 Å². The fraction of sp³-hybridized carbons (Fsp3) is 0.400. The van der Waals surface area contributed by atoms with E-state index in [4.69, 9.17) is 0 Å². The first-order valence-electron chi connectivity index (χ1n) is 9.76. The number of imide groups is 1. The van der Waals surface area contributed by atoms with Crippen molar-refractivity contribution in [3.05, 3.63) is 41.2 Å². The van der Waals surface area contributed by atoms with Crippen LogP contribution in [0.3, 0.4) is 0 Å². The standard InChI is InChI=1S/C20H19N5O4/c26-17-8-7-16(19(28)21-17)24-9-13-12(20(24)29)5-2-6-15(13)25-10-14(22-23-25)18(27)11-3-1-4-11/h2,5-6,10-11,16H,1,3-4,7-9H2,(H,21,26,28). The first-order chi connectivity index (χ1) is 14.0. The average molecular weight is 393 g/mol. The van der Waals surface area contributed by atoms with Gasteiger partial charge in [-0.15, -0.1) is 5.10 Å². The van der Waals surface area contributed by atoms with E-state index in [0.29, 0.717) is 23.4 Å². The van der Waals surface area contributed by atoms with E-state index in [9.17, 15) is 19.2 Å². The van der Waals surface area contributed by atoms with E-state index in [-0.39, 0.29) is 36.5 Å². The van der Waals surface area contributed by atoms with Crippen LogP contribution in [0.25, 0.3) is 5.69 Å². The SMILES string of the molecule is O=C1CCC(N2Cc3c(cccc3-n3cc(C(=O)C4CCC4)nn3)C2=O)C(=O)N1. The number of carbonyl (C=O) groups is 4. The number of aromatic nitrogens is 3. The molecule has 2 fully saturated rings. The van der Waals surface area contributed by atoms with Crippen LogP contribution in [0, 0.1) is 5.92 Å². The Morgan fingerprint density at radius 1 is 1.14 bits per heavy atom. The minimum absolute atomic E-state index is 0.0105. The van der Waals surface area contributed by atoms with Gasteiger partial charge in [-0.1, -0.05) is 17.7 Å². The summed E-state index contributed by atoms with van der Waals surface area (Å²) in [4.78, 5) is 50.5. The van der Waals surface area contributed by atoms with Crippen molar-refractivity contribution < 1.29 is 19.2 Å². The van der Waals surface area contributed by atoms with Gasteiger partial charge in [-0.2, -0.15) is 0 Å². The van der Waals surface area contributed by atoms with E-state index in [2.05, 4.69) is 15.6 Å². The van der Waals surface area contributed by atoms with E-state index in [1.54, 1.807) is 18.3 Å². The third-order valence-electron chi connectivity index (χ3n) is 6.03. The summed E-state index contributed by atoms with van der Waals surface area (Å²) >= 11 is 0. The van der Waals surface area contributed by atoms with Crippen LogP contribution >= 0.6 is 0 Å². The van der Waals surface area contributed by atoms with Crippen molar-refractivity contribution in [2.45, 2.75) is 44.7 Å². The highest BCUT2D eigenvalue weighted by molar-refractivity contribution is 6.05. The molecular formula is C20H19N5O4. The summed E-state index contributed by atoms with van der Waals surface area (Å²) in [6.45, 7) is 0.238. The van der Waals surface area contributed by atoms with E-state index >= 15 is 0 Å². The smallest absolute Gasteiger partial charge is 0.255 e. The maximum absolute atomic E-state index is 12.9. The van der Waals surface area contributed by atoms with Gasteiger partial charge in [-0.25, -0.2) is 4.68 Å². The van der Waals surface area contributed by atoms with Crippen LogP contribution in [0.15, 0.2) is 24.4 Å². The molecule has 0 bridgehead atoms. The third kappa shape index (κ3) is 2.84. The number of fused-ring (bicyclic) bond motifs is 1. The lowest BCUT2D eigenvalue weighted by Crippen LogP contribution is -2.52. The number of hydrogen-bond donors (Lipinski definition) is 1. The Labute approximate surface area is 166 Å². The lowest BCUT2D eigenvalue weighted by atomic mass is 9.81. The average Bonchev–Trinajstić information content (AvgIpc) is 3.26. The Balaban J connectivity index is 1.44. The number of Topliss-reactive ketones (excluding diaryl/α,β-unsaturated/α-hetero) is 1. The van der Waals surface area contributed by atoms with Crippen LogP contribution < -0.4 is 5.32 Å². The Bertz CT molecular complexity index is 1050. The molecule has 1 unspecified atom stereocenters. The number of carbonyl (C=O) groups excluding carboxylic acids is 4. The van der Waals surface area contributed by atoms with Gasteiger partial charge < -0.3 is 4.90 Å².